The fraction of sp³-hybridized carbons (Fsp3) is 0.308. The monoisotopic (exact) mass is 299 g/mol. The van der Waals surface area contributed by atoms with Crippen LogP contribution in [0.4, 0.5) is 0 Å². The van der Waals surface area contributed by atoms with Crippen LogP contribution in [0, 0.1) is 19.3 Å². The Kier molecular flexibility index (Phi) is 4.98. The molecule has 1 rings (SSSR count). The maximum atomic E-state index is 12.0. The molecule has 1 N–H and O–H groups in total. The van der Waals surface area contributed by atoms with E-state index in [-0.39, 0.29) is 16.8 Å². The molecule has 0 fully saturated rings. The Morgan fingerprint density at radius 1 is 1.53 bits per heavy atom. The van der Waals surface area contributed by atoms with Crippen LogP contribution in [-0.4, -0.2) is 20.4 Å². The third-order valence-corrected chi connectivity index (χ3v) is 3.99. The van der Waals surface area contributed by atoms with Gasteiger partial charge in [-0.25, -0.2) is 8.42 Å². The number of benzene rings is 1. The van der Waals surface area contributed by atoms with E-state index in [2.05, 4.69) is 11.2 Å². The van der Waals surface area contributed by atoms with Gasteiger partial charge >= 0.3 is 0 Å². The second-order valence-corrected chi connectivity index (χ2v) is 6.58. The lowest BCUT2D eigenvalue weighted by molar-refractivity contribution is 0.0944. The van der Waals surface area contributed by atoms with Crippen molar-refractivity contribution in [2.75, 3.05) is 0 Å². The highest BCUT2D eigenvalue weighted by Gasteiger charge is 2.16. The van der Waals surface area contributed by atoms with E-state index in [1.807, 2.05) is 6.92 Å². The summed E-state index contributed by atoms with van der Waals surface area (Å²) in [5.74, 6) is 2.13. The van der Waals surface area contributed by atoms with Gasteiger partial charge < -0.3 is 5.32 Å². The lowest BCUT2D eigenvalue weighted by Gasteiger charge is -2.12. The van der Waals surface area contributed by atoms with Crippen molar-refractivity contribution in [1.82, 2.24) is 5.32 Å². The second-order valence-electron chi connectivity index (χ2n) is 4.02. The average Bonchev–Trinajstić information content (AvgIpc) is 2.34. The Morgan fingerprint density at radius 3 is 2.58 bits per heavy atom. The van der Waals surface area contributed by atoms with Gasteiger partial charge in [0.15, 0.2) is 0 Å². The van der Waals surface area contributed by atoms with Gasteiger partial charge in [-0.2, -0.15) is 0 Å². The highest BCUT2D eigenvalue weighted by molar-refractivity contribution is 8.13. The van der Waals surface area contributed by atoms with Gasteiger partial charge in [0.2, 0.25) is 0 Å². The predicted octanol–water partition coefficient (Wildman–Crippen LogP) is 2.06. The number of halogens is 1. The molecular weight excluding hydrogens is 286 g/mol. The van der Waals surface area contributed by atoms with E-state index in [4.69, 9.17) is 17.1 Å². The van der Waals surface area contributed by atoms with Crippen molar-refractivity contribution >= 4 is 25.6 Å². The SMILES string of the molecule is C#CC(CC)NC(=O)c1ccc(S(=O)(=O)Cl)cc1C. The van der Waals surface area contributed by atoms with Crippen LogP contribution < -0.4 is 5.32 Å². The maximum Gasteiger partial charge on any atom is 0.261 e. The highest BCUT2D eigenvalue weighted by Crippen LogP contribution is 2.19. The summed E-state index contributed by atoms with van der Waals surface area (Å²) >= 11 is 0. The lowest BCUT2D eigenvalue weighted by Crippen LogP contribution is -2.33. The molecule has 0 radical (unpaired) electrons. The molecule has 1 unspecified atom stereocenters. The molecule has 1 aromatic carbocycles. The Hall–Kier alpha value is -1.51. The van der Waals surface area contributed by atoms with Crippen molar-refractivity contribution in [3.63, 3.8) is 0 Å². The van der Waals surface area contributed by atoms with Gasteiger partial charge in [0.05, 0.1) is 10.9 Å². The largest absolute Gasteiger partial charge is 0.338 e. The summed E-state index contributed by atoms with van der Waals surface area (Å²) in [5.41, 5.74) is 0.892. The van der Waals surface area contributed by atoms with Crippen LogP contribution >= 0.6 is 10.7 Å². The molecule has 1 atom stereocenters. The van der Waals surface area contributed by atoms with E-state index in [1.54, 1.807) is 6.92 Å². The molecule has 1 amide bonds. The quantitative estimate of drug-likeness (QED) is 0.684. The normalized spacial score (nSPS) is 12.5. The number of amides is 1. The number of hydrogen-bond donors (Lipinski definition) is 1. The average molecular weight is 300 g/mol. The highest BCUT2D eigenvalue weighted by atomic mass is 35.7. The molecule has 0 aliphatic heterocycles. The first-order valence-electron chi connectivity index (χ1n) is 5.62. The number of nitrogens with one attached hydrogen (secondary N) is 1. The zero-order valence-electron chi connectivity index (χ0n) is 10.6. The van der Waals surface area contributed by atoms with E-state index in [9.17, 15) is 13.2 Å². The molecule has 0 saturated heterocycles. The van der Waals surface area contributed by atoms with Gasteiger partial charge in [-0.05, 0) is 37.1 Å². The van der Waals surface area contributed by atoms with Gasteiger partial charge in [0, 0.05) is 16.2 Å². The molecule has 1 aromatic rings. The summed E-state index contributed by atoms with van der Waals surface area (Å²) in [4.78, 5) is 11.9. The van der Waals surface area contributed by atoms with Gasteiger partial charge in [-0.1, -0.05) is 12.8 Å². The van der Waals surface area contributed by atoms with Crippen LogP contribution in [0.3, 0.4) is 0 Å². The molecule has 0 bridgehead atoms. The van der Waals surface area contributed by atoms with Crippen LogP contribution in [0.2, 0.25) is 0 Å². The fourth-order valence-electron chi connectivity index (χ4n) is 1.54. The Balaban J connectivity index is 3.04. The Bertz CT molecular complexity index is 632. The van der Waals surface area contributed by atoms with E-state index in [0.29, 0.717) is 17.5 Å². The molecule has 0 aliphatic rings. The van der Waals surface area contributed by atoms with Crippen LogP contribution in [0.15, 0.2) is 23.1 Å². The molecule has 0 saturated carbocycles. The minimum Gasteiger partial charge on any atom is -0.338 e. The number of hydrogen-bond acceptors (Lipinski definition) is 3. The van der Waals surface area contributed by atoms with Crippen LogP contribution in [0.5, 0.6) is 0 Å². The van der Waals surface area contributed by atoms with E-state index in [0.717, 1.165) is 0 Å². The van der Waals surface area contributed by atoms with Gasteiger partial charge in [0.25, 0.3) is 15.0 Å². The maximum absolute atomic E-state index is 12.0. The van der Waals surface area contributed by atoms with E-state index in [1.165, 1.54) is 18.2 Å². The van der Waals surface area contributed by atoms with Crippen LogP contribution in [0.25, 0.3) is 0 Å². The number of rotatable bonds is 4. The standard InChI is InChI=1S/C13H14ClNO3S/c1-4-10(5-2)15-13(16)12-7-6-11(8-9(12)3)19(14,17)18/h1,6-8,10H,5H2,2-3H3,(H,15,16). The minimum absolute atomic E-state index is 0.0350. The number of terminal acetylenes is 1. The molecule has 0 spiro atoms. The van der Waals surface area contributed by atoms with Gasteiger partial charge in [-0.3, -0.25) is 4.79 Å². The molecule has 0 aromatic heterocycles. The minimum atomic E-state index is -3.79. The second kappa shape index (κ2) is 6.09. The third kappa shape index (κ3) is 3.98. The molecule has 0 aliphatic carbocycles. The van der Waals surface area contributed by atoms with Crippen molar-refractivity contribution in [2.24, 2.45) is 0 Å². The van der Waals surface area contributed by atoms with Crippen molar-refractivity contribution in [3.05, 3.63) is 29.3 Å². The zero-order chi connectivity index (χ0) is 14.6. The smallest absolute Gasteiger partial charge is 0.261 e. The van der Waals surface area contributed by atoms with Crippen molar-refractivity contribution < 1.29 is 13.2 Å². The Labute approximate surface area is 117 Å². The van der Waals surface area contributed by atoms with E-state index < -0.39 is 9.05 Å². The molecule has 19 heavy (non-hydrogen) atoms. The van der Waals surface area contributed by atoms with Gasteiger partial charge in [-0.15, -0.1) is 6.42 Å². The number of carbonyl (C=O) groups is 1. The van der Waals surface area contributed by atoms with Gasteiger partial charge in [0.1, 0.15) is 0 Å². The summed E-state index contributed by atoms with van der Waals surface area (Å²) in [7, 11) is 1.44. The summed E-state index contributed by atoms with van der Waals surface area (Å²) in [6, 6.07) is 3.72. The number of carbonyl (C=O) groups excluding carboxylic acids is 1. The van der Waals surface area contributed by atoms with Crippen LogP contribution in [-0.2, 0) is 9.05 Å². The third-order valence-electron chi connectivity index (χ3n) is 2.64. The summed E-state index contributed by atoms with van der Waals surface area (Å²) in [6.07, 6.45) is 5.89. The van der Waals surface area contributed by atoms with Crippen LogP contribution in [0.1, 0.15) is 29.3 Å². The first-order valence-corrected chi connectivity index (χ1v) is 7.92. The van der Waals surface area contributed by atoms with Crippen molar-refractivity contribution in [2.45, 2.75) is 31.2 Å². The fourth-order valence-corrected chi connectivity index (χ4v) is 2.38. The van der Waals surface area contributed by atoms with Crippen molar-refractivity contribution in [3.8, 4) is 12.3 Å². The molecule has 4 nitrogen and oxygen atoms in total. The zero-order valence-corrected chi connectivity index (χ0v) is 12.2. The topological polar surface area (TPSA) is 63.2 Å². The summed E-state index contributed by atoms with van der Waals surface area (Å²) < 4.78 is 22.4. The molecular formula is C13H14ClNO3S. The van der Waals surface area contributed by atoms with E-state index >= 15 is 0 Å². The lowest BCUT2D eigenvalue weighted by atomic mass is 10.1. The molecule has 6 heteroatoms. The first kappa shape index (κ1) is 15.5. The predicted molar refractivity (Wildman–Crippen MR) is 74.6 cm³/mol. The summed E-state index contributed by atoms with van der Waals surface area (Å²) in [5, 5.41) is 2.67. The van der Waals surface area contributed by atoms with Crippen molar-refractivity contribution in [1.29, 1.82) is 0 Å². The summed E-state index contributed by atoms with van der Waals surface area (Å²) in [6.45, 7) is 3.50. The molecule has 0 heterocycles. The Morgan fingerprint density at radius 2 is 2.16 bits per heavy atom. The number of aryl methyl sites for hydroxylation is 1. The molecule has 102 valence electrons. The first-order chi connectivity index (χ1) is 8.79.